The molecular weight excluding hydrogens is 236 g/mol. The van der Waals surface area contributed by atoms with E-state index in [-0.39, 0.29) is 0 Å². The molecule has 3 atom stereocenters. The lowest BCUT2D eigenvalue weighted by atomic mass is 10.0. The summed E-state index contributed by atoms with van der Waals surface area (Å²) in [5.74, 6) is 0. The molecule has 19 heavy (non-hydrogen) atoms. The third kappa shape index (κ3) is 2.59. The summed E-state index contributed by atoms with van der Waals surface area (Å²) in [5, 5.41) is 19.1. The van der Waals surface area contributed by atoms with Crippen LogP contribution in [-0.2, 0) is 0 Å². The Balaban J connectivity index is 2.49. The molecule has 1 aromatic carbocycles. The number of anilines is 1. The summed E-state index contributed by atoms with van der Waals surface area (Å²) >= 11 is 0. The first-order chi connectivity index (χ1) is 9.08. The first kappa shape index (κ1) is 13.9. The number of rotatable bonds is 3. The van der Waals surface area contributed by atoms with Crippen molar-refractivity contribution < 1.29 is 5.11 Å². The predicted octanol–water partition coefficient (Wildman–Crippen LogP) is 3.38. The Morgan fingerprint density at radius 2 is 2.21 bits per heavy atom. The molecule has 1 saturated heterocycles. The van der Waals surface area contributed by atoms with Crippen LogP contribution in [0, 0.1) is 11.3 Å². The lowest BCUT2D eigenvalue weighted by molar-refractivity contribution is 0.199. The van der Waals surface area contributed by atoms with Gasteiger partial charge in [-0.1, -0.05) is 13.0 Å². The van der Waals surface area contributed by atoms with E-state index in [1.165, 1.54) is 12.8 Å². The van der Waals surface area contributed by atoms with Gasteiger partial charge in [0.2, 0.25) is 0 Å². The van der Waals surface area contributed by atoms with E-state index in [9.17, 15) is 5.11 Å². The maximum absolute atomic E-state index is 9.96. The van der Waals surface area contributed by atoms with Gasteiger partial charge in [0.05, 0.1) is 17.7 Å². The topological polar surface area (TPSA) is 47.3 Å². The van der Waals surface area contributed by atoms with Crippen LogP contribution in [0.1, 0.15) is 57.3 Å². The quantitative estimate of drug-likeness (QED) is 0.904. The zero-order valence-electron chi connectivity index (χ0n) is 11.9. The Labute approximate surface area is 115 Å². The molecule has 0 spiro atoms. The number of nitrogens with zero attached hydrogens (tertiary/aromatic N) is 2. The van der Waals surface area contributed by atoms with Gasteiger partial charge in [0.25, 0.3) is 0 Å². The summed E-state index contributed by atoms with van der Waals surface area (Å²) in [6.07, 6.45) is 2.95. The summed E-state index contributed by atoms with van der Waals surface area (Å²) in [6, 6.07) is 8.77. The van der Waals surface area contributed by atoms with E-state index in [1.54, 1.807) is 13.0 Å². The molecule has 1 aromatic rings. The van der Waals surface area contributed by atoms with Gasteiger partial charge >= 0.3 is 0 Å². The minimum Gasteiger partial charge on any atom is -0.389 e. The molecule has 1 heterocycles. The first-order valence-corrected chi connectivity index (χ1v) is 7.09. The maximum atomic E-state index is 9.96. The van der Waals surface area contributed by atoms with Crippen molar-refractivity contribution >= 4 is 5.69 Å². The molecule has 0 amide bonds. The summed E-state index contributed by atoms with van der Waals surface area (Å²) in [6.45, 7) is 6.21. The molecule has 1 fully saturated rings. The summed E-state index contributed by atoms with van der Waals surface area (Å²) in [5.41, 5.74) is 2.62. The zero-order chi connectivity index (χ0) is 14.0. The summed E-state index contributed by atoms with van der Waals surface area (Å²) < 4.78 is 0. The fourth-order valence-electron chi connectivity index (χ4n) is 3.10. The first-order valence-electron chi connectivity index (χ1n) is 7.09. The van der Waals surface area contributed by atoms with Crippen LogP contribution in [0.2, 0.25) is 0 Å². The largest absolute Gasteiger partial charge is 0.389 e. The van der Waals surface area contributed by atoms with Gasteiger partial charge in [-0.25, -0.2) is 0 Å². The minimum absolute atomic E-state index is 0.469. The highest BCUT2D eigenvalue weighted by Crippen LogP contribution is 2.36. The van der Waals surface area contributed by atoms with E-state index >= 15 is 0 Å². The van der Waals surface area contributed by atoms with E-state index < -0.39 is 6.10 Å². The highest BCUT2D eigenvalue weighted by molar-refractivity contribution is 5.60. The SMILES string of the molecule is CCC1CCC(C)N1c1cc(C#N)ccc1C(C)O. The second-order valence-electron chi connectivity index (χ2n) is 5.46. The van der Waals surface area contributed by atoms with Crippen LogP contribution in [0.4, 0.5) is 5.69 Å². The molecule has 0 aromatic heterocycles. The van der Waals surface area contributed by atoms with Gasteiger partial charge in [0.1, 0.15) is 0 Å². The molecular formula is C16H22N2O. The molecule has 0 bridgehead atoms. The van der Waals surface area contributed by atoms with Crippen LogP contribution < -0.4 is 4.90 Å². The molecule has 0 aliphatic carbocycles. The van der Waals surface area contributed by atoms with Crippen molar-refractivity contribution in [3.63, 3.8) is 0 Å². The van der Waals surface area contributed by atoms with Crippen molar-refractivity contribution in [3.8, 4) is 6.07 Å². The predicted molar refractivity (Wildman–Crippen MR) is 77.0 cm³/mol. The fourth-order valence-corrected chi connectivity index (χ4v) is 3.10. The second-order valence-corrected chi connectivity index (χ2v) is 5.46. The van der Waals surface area contributed by atoms with E-state index in [2.05, 4.69) is 24.8 Å². The van der Waals surface area contributed by atoms with Crippen LogP contribution in [0.5, 0.6) is 0 Å². The zero-order valence-corrected chi connectivity index (χ0v) is 11.9. The second kappa shape index (κ2) is 5.63. The van der Waals surface area contributed by atoms with Gasteiger partial charge in [-0.2, -0.15) is 5.26 Å². The van der Waals surface area contributed by atoms with Gasteiger partial charge < -0.3 is 10.0 Å². The van der Waals surface area contributed by atoms with Crippen molar-refractivity contribution in [2.75, 3.05) is 4.90 Å². The monoisotopic (exact) mass is 258 g/mol. The van der Waals surface area contributed by atoms with Crippen molar-refractivity contribution in [2.45, 2.75) is 58.2 Å². The molecule has 1 aliphatic heterocycles. The van der Waals surface area contributed by atoms with E-state index in [4.69, 9.17) is 5.26 Å². The molecule has 2 rings (SSSR count). The number of hydrogen-bond donors (Lipinski definition) is 1. The fraction of sp³-hybridized carbons (Fsp3) is 0.562. The van der Waals surface area contributed by atoms with Crippen molar-refractivity contribution in [1.29, 1.82) is 5.26 Å². The van der Waals surface area contributed by atoms with Gasteiger partial charge in [0, 0.05) is 23.3 Å². The minimum atomic E-state index is -0.506. The number of hydrogen-bond acceptors (Lipinski definition) is 3. The van der Waals surface area contributed by atoms with Crippen molar-refractivity contribution in [1.82, 2.24) is 0 Å². The average Bonchev–Trinajstić information content (AvgIpc) is 2.78. The highest BCUT2D eigenvalue weighted by Gasteiger charge is 2.31. The van der Waals surface area contributed by atoms with Crippen LogP contribution in [0.25, 0.3) is 0 Å². The lowest BCUT2D eigenvalue weighted by Crippen LogP contribution is -2.35. The average molecular weight is 258 g/mol. The molecule has 3 heteroatoms. The van der Waals surface area contributed by atoms with Crippen LogP contribution in [-0.4, -0.2) is 17.2 Å². The maximum Gasteiger partial charge on any atom is 0.0992 e. The van der Waals surface area contributed by atoms with E-state index in [0.717, 1.165) is 17.7 Å². The summed E-state index contributed by atoms with van der Waals surface area (Å²) in [7, 11) is 0. The molecule has 0 radical (unpaired) electrons. The Morgan fingerprint density at radius 1 is 1.47 bits per heavy atom. The Hall–Kier alpha value is -1.53. The van der Waals surface area contributed by atoms with Gasteiger partial charge in [-0.05, 0) is 45.2 Å². The van der Waals surface area contributed by atoms with Gasteiger partial charge in [0.15, 0.2) is 0 Å². The van der Waals surface area contributed by atoms with Crippen molar-refractivity contribution in [3.05, 3.63) is 29.3 Å². The van der Waals surface area contributed by atoms with Gasteiger partial charge in [-0.3, -0.25) is 0 Å². The van der Waals surface area contributed by atoms with E-state index in [0.29, 0.717) is 17.6 Å². The summed E-state index contributed by atoms with van der Waals surface area (Å²) in [4.78, 5) is 2.39. The Bertz CT molecular complexity index is 490. The number of benzene rings is 1. The number of aliphatic hydroxyl groups excluding tert-OH is 1. The Kier molecular flexibility index (Phi) is 4.11. The number of nitriles is 1. The molecule has 102 valence electrons. The third-order valence-corrected chi connectivity index (χ3v) is 4.14. The van der Waals surface area contributed by atoms with Crippen LogP contribution in [0.3, 0.4) is 0 Å². The highest BCUT2D eigenvalue weighted by atomic mass is 16.3. The Morgan fingerprint density at radius 3 is 2.79 bits per heavy atom. The van der Waals surface area contributed by atoms with Crippen molar-refractivity contribution in [2.24, 2.45) is 0 Å². The molecule has 3 nitrogen and oxygen atoms in total. The van der Waals surface area contributed by atoms with Crippen LogP contribution >= 0.6 is 0 Å². The standard InChI is InChI=1S/C16H22N2O/c1-4-14-7-5-11(2)18(14)16-9-13(10-17)6-8-15(16)12(3)19/h6,8-9,11-12,14,19H,4-5,7H2,1-3H3. The molecule has 1 N–H and O–H groups in total. The lowest BCUT2D eigenvalue weighted by Gasteiger charge is -2.33. The molecule has 0 saturated carbocycles. The van der Waals surface area contributed by atoms with E-state index in [1.807, 2.05) is 12.1 Å². The van der Waals surface area contributed by atoms with Crippen LogP contribution in [0.15, 0.2) is 18.2 Å². The number of aliphatic hydroxyl groups is 1. The normalized spacial score (nSPS) is 24.3. The smallest absolute Gasteiger partial charge is 0.0992 e. The molecule has 3 unspecified atom stereocenters. The van der Waals surface area contributed by atoms with Gasteiger partial charge in [-0.15, -0.1) is 0 Å². The molecule has 1 aliphatic rings. The third-order valence-electron chi connectivity index (χ3n) is 4.14.